The Hall–Kier alpha value is -3.66. The van der Waals surface area contributed by atoms with Gasteiger partial charge in [0.1, 0.15) is 5.78 Å². The van der Waals surface area contributed by atoms with Gasteiger partial charge in [-0.15, -0.1) is 0 Å². The van der Waals surface area contributed by atoms with Gasteiger partial charge in [-0.1, -0.05) is 84.7 Å². The van der Waals surface area contributed by atoms with Crippen LogP contribution in [0.2, 0.25) is 0 Å². The van der Waals surface area contributed by atoms with Crippen molar-refractivity contribution in [1.82, 2.24) is 19.6 Å². The molecule has 0 saturated carbocycles. The summed E-state index contributed by atoms with van der Waals surface area (Å²) in [5.41, 5.74) is 0.755. The first-order valence-electron chi connectivity index (χ1n) is 23.8. The van der Waals surface area contributed by atoms with E-state index in [-0.39, 0.29) is 102 Å². The number of hydrogen-bond acceptors (Lipinski definition) is 11. The molecule has 15 heteroatoms. The fourth-order valence-electron chi connectivity index (χ4n) is 9.59. The third-order valence-electron chi connectivity index (χ3n) is 14.3. The number of thioether (sulfide) groups is 1. The highest BCUT2D eigenvalue weighted by Gasteiger charge is 2.43. The normalized spacial score (nSPS) is 20.8. The van der Waals surface area contributed by atoms with E-state index in [9.17, 15) is 38.7 Å². The molecular weight excluding hydrogens is 849 g/mol. The number of ether oxygens (including phenoxy) is 2. The Morgan fingerprint density at radius 3 is 2.09 bits per heavy atom. The molecule has 0 aromatic heterocycles. The van der Waals surface area contributed by atoms with Crippen LogP contribution in [-0.4, -0.2) is 149 Å². The van der Waals surface area contributed by atoms with E-state index in [1.807, 2.05) is 78.1 Å². The van der Waals surface area contributed by atoms with Crippen LogP contribution in [0.25, 0.3) is 0 Å². The number of Topliss-reactive ketones (excluding diaryl/α,β-unsaturated/α-hetero) is 2. The third-order valence-corrected chi connectivity index (χ3v) is 15.2. The Balaban J connectivity index is 1.64. The molecule has 0 spiro atoms. The van der Waals surface area contributed by atoms with E-state index in [4.69, 9.17) is 9.47 Å². The molecule has 2 aliphatic rings. The van der Waals surface area contributed by atoms with Gasteiger partial charge in [-0.3, -0.25) is 38.5 Å². The summed E-state index contributed by atoms with van der Waals surface area (Å²) in [7, 11) is 6.43. The van der Waals surface area contributed by atoms with Crippen molar-refractivity contribution in [2.45, 2.75) is 161 Å². The standard InChI is InChI=1S/C50H80N4O10S/c1-13-32(4)46(41(63-10)29-44(58)53-26-20-23-38(53)48(64-11)34(6)39(55)27-33(5)47(60)36-21-16-14-17-22-36)52(9)49(61)37(31(2)3)28-40(56)35(7)51(8)43(57)24-18-15-19-25-54-45(59)30-42(65-12)50(54)62/h14,16-17,21-22,31-35,37-38,41-42,46-48,60H,13,15,18-20,23-30H2,1-12H3/t32-,33-,34-,35-,37?,38-,41+,42?,46-,47+,48+/m0/s1. The molecule has 2 heterocycles. The van der Waals surface area contributed by atoms with E-state index in [2.05, 4.69) is 0 Å². The number of hydrogen-bond donors (Lipinski definition) is 1. The lowest BCUT2D eigenvalue weighted by Crippen LogP contribution is -2.54. The van der Waals surface area contributed by atoms with Gasteiger partial charge >= 0.3 is 0 Å². The molecule has 2 fully saturated rings. The first-order valence-corrected chi connectivity index (χ1v) is 25.1. The predicted octanol–water partition coefficient (Wildman–Crippen LogP) is 6.36. The number of carbonyl (C=O) groups is 7. The van der Waals surface area contributed by atoms with Crippen LogP contribution in [0.3, 0.4) is 0 Å². The molecule has 14 nitrogen and oxygen atoms in total. The summed E-state index contributed by atoms with van der Waals surface area (Å²) < 4.78 is 12.0. The molecule has 3 rings (SSSR count). The minimum atomic E-state index is -0.791. The van der Waals surface area contributed by atoms with Gasteiger partial charge in [0.2, 0.25) is 29.5 Å². The fraction of sp³-hybridized carbons (Fsp3) is 0.740. The smallest absolute Gasteiger partial charge is 0.242 e. The highest BCUT2D eigenvalue weighted by Crippen LogP contribution is 2.33. The van der Waals surface area contributed by atoms with Crippen LogP contribution >= 0.6 is 11.8 Å². The average molecular weight is 929 g/mol. The number of imide groups is 1. The maximum absolute atomic E-state index is 14.5. The second-order valence-electron chi connectivity index (χ2n) is 18.9. The van der Waals surface area contributed by atoms with E-state index in [1.165, 1.54) is 21.6 Å². The van der Waals surface area contributed by atoms with Crippen molar-refractivity contribution in [2.24, 2.45) is 29.6 Å². The summed E-state index contributed by atoms with van der Waals surface area (Å²) in [5, 5.41) is 10.6. The summed E-state index contributed by atoms with van der Waals surface area (Å²) >= 11 is 1.38. The van der Waals surface area contributed by atoms with Crippen molar-refractivity contribution in [1.29, 1.82) is 0 Å². The van der Waals surface area contributed by atoms with Crippen LogP contribution in [0.5, 0.6) is 0 Å². The number of rotatable bonds is 28. The number of carbonyl (C=O) groups excluding carboxylic acids is 7. The average Bonchev–Trinajstić information content (AvgIpc) is 3.89. The van der Waals surface area contributed by atoms with Gasteiger partial charge in [0.25, 0.3) is 0 Å². The minimum absolute atomic E-state index is 0.000886. The maximum atomic E-state index is 14.5. The molecule has 1 aromatic rings. The van der Waals surface area contributed by atoms with Crippen molar-refractivity contribution in [2.75, 3.05) is 47.7 Å². The fourth-order valence-corrected chi connectivity index (χ4v) is 10.2. The molecule has 2 unspecified atom stereocenters. The molecule has 0 radical (unpaired) electrons. The number of aliphatic hydroxyl groups excluding tert-OH is 1. The maximum Gasteiger partial charge on any atom is 0.242 e. The molecule has 11 atom stereocenters. The summed E-state index contributed by atoms with van der Waals surface area (Å²) in [6.07, 6.45) is 4.28. The Morgan fingerprint density at radius 1 is 0.862 bits per heavy atom. The molecule has 2 aliphatic heterocycles. The highest BCUT2D eigenvalue weighted by molar-refractivity contribution is 8.00. The topological polar surface area (TPSA) is 171 Å². The minimum Gasteiger partial charge on any atom is -0.388 e. The number of likely N-dealkylation sites (tertiary alicyclic amines) is 2. The Morgan fingerprint density at radius 2 is 1.52 bits per heavy atom. The largest absolute Gasteiger partial charge is 0.388 e. The molecule has 0 bridgehead atoms. The van der Waals surface area contributed by atoms with Crippen molar-refractivity contribution < 1.29 is 48.1 Å². The number of amides is 5. The van der Waals surface area contributed by atoms with E-state index in [0.29, 0.717) is 45.2 Å². The number of likely N-dealkylation sites (N-methyl/N-ethyl adjacent to an activating group) is 2. The van der Waals surface area contributed by atoms with Gasteiger partial charge in [-0.05, 0) is 62.2 Å². The molecule has 1 N–H and O–H groups in total. The number of aliphatic hydroxyl groups is 1. The van der Waals surface area contributed by atoms with E-state index in [0.717, 1.165) is 12.0 Å². The van der Waals surface area contributed by atoms with Gasteiger partial charge in [0.05, 0.1) is 48.1 Å². The third kappa shape index (κ3) is 14.7. The van der Waals surface area contributed by atoms with Crippen LogP contribution in [0, 0.1) is 29.6 Å². The summed E-state index contributed by atoms with van der Waals surface area (Å²) in [4.78, 5) is 100. The first-order chi connectivity index (χ1) is 30.7. The summed E-state index contributed by atoms with van der Waals surface area (Å²) in [6, 6.07) is 7.70. The number of methoxy groups -OCH3 is 2. The quantitative estimate of drug-likeness (QED) is 0.0733. The molecule has 0 aliphatic carbocycles. The second-order valence-corrected chi connectivity index (χ2v) is 20.0. The Labute approximate surface area is 393 Å². The van der Waals surface area contributed by atoms with Crippen molar-refractivity contribution in [3.05, 3.63) is 35.9 Å². The van der Waals surface area contributed by atoms with Gasteiger partial charge in [-0.25, -0.2) is 0 Å². The lowest BCUT2D eigenvalue weighted by atomic mass is 9.84. The van der Waals surface area contributed by atoms with Crippen LogP contribution in [0.4, 0.5) is 0 Å². The summed E-state index contributed by atoms with van der Waals surface area (Å²) in [5.74, 6) is -2.93. The van der Waals surface area contributed by atoms with Crippen LogP contribution in [0.15, 0.2) is 30.3 Å². The van der Waals surface area contributed by atoms with E-state index < -0.39 is 42.2 Å². The van der Waals surface area contributed by atoms with Crippen molar-refractivity contribution in [3.8, 4) is 0 Å². The number of benzene rings is 1. The van der Waals surface area contributed by atoms with Gasteiger partial charge in [0.15, 0.2) is 5.78 Å². The molecule has 2 saturated heterocycles. The molecular formula is C50H80N4O10S. The molecule has 366 valence electrons. The number of unbranched alkanes of at least 4 members (excludes halogenated alkanes) is 2. The predicted molar refractivity (Wildman–Crippen MR) is 254 cm³/mol. The molecule has 65 heavy (non-hydrogen) atoms. The Bertz CT molecular complexity index is 1750. The zero-order valence-corrected chi connectivity index (χ0v) is 42.1. The lowest BCUT2D eigenvalue weighted by Gasteiger charge is -2.41. The van der Waals surface area contributed by atoms with Gasteiger partial charge < -0.3 is 29.3 Å². The first kappa shape index (κ1) is 55.7. The number of nitrogens with zero attached hydrogens (tertiary/aromatic N) is 4. The van der Waals surface area contributed by atoms with E-state index >= 15 is 0 Å². The summed E-state index contributed by atoms with van der Waals surface area (Å²) in [6.45, 7) is 14.1. The van der Waals surface area contributed by atoms with Gasteiger partial charge in [-0.2, -0.15) is 11.8 Å². The monoisotopic (exact) mass is 929 g/mol. The molecule has 5 amide bonds. The Kier molecular flexibility index (Phi) is 22.8. The van der Waals surface area contributed by atoms with Gasteiger partial charge in [0, 0.05) is 78.9 Å². The second kappa shape index (κ2) is 26.6. The van der Waals surface area contributed by atoms with Crippen LogP contribution in [0.1, 0.15) is 131 Å². The SMILES string of the molecule is CC[C@H](C)[C@@H]([C@@H](CC(=O)N1CCC[C@H]1[C@H](OC)[C@@H](C)C(=O)C[C@H](C)[C@@H](O)c1ccccc1)OC)N(C)C(=O)C(CC(=O)[C@H](C)N(C)C(=O)CCCCCN1C(=O)CC(SC)C1=O)C(C)C. The highest BCUT2D eigenvalue weighted by atomic mass is 32.2. The lowest BCUT2D eigenvalue weighted by molar-refractivity contribution is -0.149. The van der Waals surface area contributed by atoms with Crippen molar-refractivity contribution >= 4 is 52.9 Å². The van der Waals surface area contributed by atoms with Crippen LogP contribution < -0.4 is 0 Å². The zero-order chi connectivity index (χ0) is 48.7. The number of ketones is 2. The zero-order valence-electron chi connectivity index (χ0n) is 41.3. The van der Waals surface area contributed by atoms with Crippen molar-refractivity contribution in [3.63, 3.8) is 0 Å². The van der Waals surface area contributed by atoms with Crippen LogP contribution in [-0.2, 0) is 43.0 Å². The molecule has 1 aromatic carbocycles. The van der Waals surface area contributed by atoms with E-state index in [1.54, 1.807) is 45.0 Å².